The highest BCUT2D eigenvalue weighted by molar-refractivity contribution is 5.40. The first-order valence-electron chi connectivity index (χ1n) is 9.09. The minimum atomic E-state index is -0.194. The summed E-state index contributed by atoms with van der Waals surface area (Å²) < 4.78 is 12.0. The normalized spacial score (nSPS) is 26.8. The Bertz CT molecular complexity index is 701. The van der Waals surface area contributed by atoms with Gasteiger partial charge in [-0.3, -0.25) is 0 Å². The summed E-state index contributed by atoms with van der Waals surface area (Å²) >= 11 is 0. The number of anilines is 1. The maximum Gasteiger partial charge on any atom is 0.135 e. The standard InChI is InChI=1S/C20H25N3O2/c1-16-13-23(14-20(25-16)9-5-11-24-15-20)19-8-10-21-18(22-19)12-17-6-3-2-4-7-17/h2-4,6-8,10,16H,5,9,11-15H2,1H3/t16-,20-/m1/s1. The zero-order valence-electron chi connectivity index (χ0n) is 14.7. The van der Waals surface area contributed by atoms with Crippen molar-refractivity contribution in [3.05, 3.63) is 54.0 Å². The molecule has 0 N–H and O–H groups in total. The van der Waals surface area contributed by atoms with Crippen molar-refractivity contribution in [1.82, 2.24) is 9.97 Å². The van der Waals surface area contributed by atoms with Gasteiger partial charge in [-0.1, -0.05) is 30.3 Å². The lowest BCUT2D eigenvalue weighted by molar-refractivity contribution is -0.160. The molecule has 0 saturated carbocycles. The molecule has 5 heteroatoms. The zero-order chi connectivity index (χ0) is 17.1. The van der Waals surface area contributed by atoms with Gasteiger partial charge >= 0.3 is 0 Å². The van der Waals surface area contributed by atoms with Gasteiger partial charge in [0.05, 0.1) is 19.3 Å². The van der Waals surface area contributed by atoms with Crippen LogP contribution < -0.4 is 4.90 Å². The molecule has 5 nitrogen and oxygen atoms in total. The van der Waals surface area contributed by atoms with E-state index in [0.717, 1.165) is 50.6 Å². The highest BCUT2D eigenvalue weighted by atomic mass is 16.6. The van der Waals surface area contributed by atoms with E-state index in [0.29, 0.717) is 6.61 Å². The van der Waals surface area contributed by atoms with Gasteiger partial charge in [0.1, 0.15) is 17.2 Å². The van der Waals surface area contributed by atoms with Gasteiger partial charge in [0.25, 0.3) is 0 Å². The van der Waals surface area contributed by atoms with Crippen molar-refractivity contribution in [3.8, 4) is 0 Å². The van der Waals surface area contributed by atoms with Gasteiger partial charge in [-0.25, -0.2) is 9.97 Å². The number of hydrogen-bond donors (Lipinski definition) is 0. The summed E-state index contributed by atoms with van der Waals surface area (Å²) in [5.74, 6) is 1.85. The highest BCUT2D eigenvalue weighted by Crippen LogP contribution is 2.31. The predicted molar refractivity (Wildman–Crippen MR) is 96.8 cm³/mol. The number of hydrogen-bond acceptors (Lipinski definition) is 5. The summed E-state index contributed by atoms with van der Waals surface area (Å²) in [5, 5.41) is 0. The van der Waals surface area contributed by atoms with Gasteiger partial charge in [0, 0.05) is 25.8 Å². The average molecular weight is 339 g/mol. The third-order valence-electron chi connectivity index (χ3n) is 4.91. The van der Waals surface area contributed by atoms with Crippen LogP contribution in [-0.2, 0) is 15.9 Å². The van der Waals surface area contributed by atoms with Crippen molar-refractivity contribution >= 4 is 5.82 Å². The third-order valence-corrected chi connectivity index (χ3v) is 4.91. The second-order valence-corrected chi connectivity index (χ2v) is 7.14. The maximum absolute atomic E-state index is 6.28. The Balaban J connectivity index is 1.53. The van der Waals surface area contributed by atoms with Crippen molar-refractivity contribution in [3.63, 3.8) is 0 Å². The van der Waals surface area contributed by atoms with Crippen molar-refractivity contribution in [1.29, 1.82) is 0 Å². The van der Waals surface area contributed by atoms with Crippen LogP contribution in [0.25, 0.3) is 0 Å². The van der Waals surface area contributed by atoms with Gasteiger partial charge in [-0.2, -0.15) is 0 Å². The van der Waals surface area contributed by atoms with Crippen LogP contribution in [0.3, 0.4) is 0 Å². The molecular formula is C20H25N3O2. The molecule has 4 rings (SSSR count). The van der Waals surface area contributed by atoms with Crippen LogP contribution in [0.2, 0.25) is 0 Å². The number of benzene rings is 1. The molecule has 1 aromatic carbocycles. The molecular weight excluding hydrogens is 314 g/mol. The number of nitrogens with zero attached hydrogens (tertiary/aromatic N) is 3. The molecule has 0 unspecified atom stereocenters. The van der Waals surface area contributed by atoms with E-state index in [9.17, 15) is 0 Å². The summed E-state index contributed by atoms with van der Waals surface area (Å²) in [6.07, 6.45) is 4.90. The molecule has 3 heterocycles. The first kappa shape index (κ1) is 16.5. The van der Waals surface area contributed by atoms with E-state index in [-0.39, 0.29) is 11.7 Å². The Morgan fingerprint density at radius 2 is 2.12 bits per heavy atom. The number of ether oxygens (including phenoxy) is 2. The molecule has 0 bridgehead atoms. The molecule has 1 spiro atoms. The van der Waals surface area contributed by atoms with E-state index < -0.39 is 0 Å². The van der Waals surface area contributed by atoms with Crippen LogP contribution in [-0.4, -0.2) is 48.0 Å². The fraction of sp³-hybridized carbons (Fsp3) is 0.500. The van der Waals surface area contributed by atoms with Crippen molar-refractivity contribution in [2.75, 3.05) is 31.2 Å². The molecule has 2 atom stereocenters. The van der Waals surface area contributed by atoms with Crippen LogP contribution >= 0.6 is 0 Å². The zero-order valence-corrected chi connectivity index (χ0v) is 14.7. The fourth-order valence-corrected chi connectivity index (χ4v) is 3.87. The molecule has 2 saturated heterocycles. The minimum Gasteiger partial charge on any atom is -0.378 e. The molecule has 0 radical (unpaired) electrons. The molecule has 2 aromatic rings. The molecule has 0 aliphatic carbocycles. The molecule has 1 aromatic heterocycles. The fourth-order valence-electron chi connectivity index (χ4n) is 3.87. The van der Waals surface area contributed by atoms with Crippen LogP contribution in [0.4, 0.5) is 5.82 Å². The molecule has 2 fully saturated rings. The Hall–Kier alpha value is -1.98. The van der Waals surface area contributed by atoms with Gasteiger partial charge in [0.2, 0.25) is 0 Å². The van der Waals surface area contributed by atoms with Crippen LogP contribution in [0, 0.1) is 0 Å². The number of aromatic nitrogens is 2. The highest BCUT2D eigenvalue weighted by Gasteiger charge is 2.41. The Morgan fingerprint density at radius 3 is 2.92 bits per heavy atom. The predicted octanol–water partition coefficient (Wildman–Crippen LogP) is 2.84. The van der Waals surface area contributed by atoms with Crippen LogP contribution in [0.15, 0.2) is 42.6 Å². The van der Waals surface area contributed by atoms with Gasteiger partial charge < -0.3 is 14.4 Å². The van der Waals surface area contributed by atoms with Gasteiger partial charge in [-0.05, 0) is 31.4 Å². The topological polar surface area (TPSA) is 47.5 Å². The first-order chi connectivity index (χ1) is 12.2. The monoisotopic (exact) mass is 339 g/mol. The quantitative estimate of drug-likeness (QED) is 0.860. The van der Waals surface area contributed by atoms with Crippen molar-refractivity contribution in [2.24, 2.45) is 0 Å². The van der Waals surface area contributed by atoms with E-state index in [1.807, 2.05) is 18.3 Å². The SMILES string of the molecule is C[C@@H]1CN(c2ccnc(Cc3ccccc3)n2)C[C@@]2(CCCOC2)O1. The maximum atomic E-state index is 6.28. The lowest BCUT2D eigenvalue weighted by atomic mass is 9.93. The number of rotatable bonds is 3. The minimum absolute atomic E-state index is 0.169. The van der Waals surface area contributed by atoms with Gasteiger partial charge in [-0.15, -0.1) is 0 Å². The molecule has 132 valence electrons. The molecule has 25 heavy (non-hydrogen) atoms. The molecule has 0 amide bonds. The van der Waals surface area contributed by atoms with E-state index >= 15 is 0 Å². The van der Waals surface area contributed by atoms with Gasteiger partial charge in [0.15, 0.2) is 0 Å². The molecule has 2 aliphatic rings. The second kappa shape index (κ2) is 7.10. The summed E-state index contributed by atoms with van der Waals surface area (Å²) in [6, 6.07) is 12.4. The average Bonchev–Trinajstić information content (AvgIpc) is 2.63. The lowest BCUT2D eigenvalue weighted by Crippen LogP contribution is -2.58. The summed E-state index contributed by atoms with van der Waals surface area (Å²) in [5.41, 5.74) is 1.03. The summed E-state index contributed by atoms with van der Waals surface area (Å²) in [7, 11) is 0. The third kappa shape index (κ3) is 3.83. The van der Waals surface area contributed by atoms with E-state index in [2.05, 4.69) is 41.1 Å². The van der Waals surface area contributed by atoms with E-state index in [1.165, 1.54) is 5.56 Å². The largest absolute Gasteiger partial charge is 0.378 e. The summed E-state index contributed by atoms with van der Waals surface area (Å²) in [6.45, 7) is 5.33. The number of morpholine rings is 1. The smallest absolute Gasteiger partial charge is 0.135 e. The molecule has 2 aliphatic heterocycles. The Morgan fingerprint density at radius 1 is 1.24 bits per heavy atom. The Kier molecular flexibility index (Phi) is 4.68. The van der Waals surface area contributed by atoms with E-state index in [4.69, 9.17) is 14.5 Å². The Labute approximate surface area is 149 Å². The van der Waals surface area contributed by atoms with E-state index in [1.54, 1.807) is 0 Å². The van der Waals surface area contributed by atoms with Crippen molar-refractivity contribution in [2.45, 2.75) is 37.9 Å². The van der Waals surface area contributed by atoms with Crippen LogP contribution in [0.1, 0.15) is 31.2 Å². The lowest BCUT2D eigenvalue weighted by Gasteiger charge is -2.47. The van der Waals surface area contributed by atoms with Crippen molar-refractivity contribution < 1.29 is 9.47 Å². The van der Waals surface area contributed by atoms with Crippen LogP contribution in [0.5, 0.6) is 0 Å². The second-order valence-electron chi connectivity index (χ2n) is 7.14. The summed E-state index contributed by atoms with van der Waals surface area (Å²) in [4.78, 5) is 11.6. The first-order valence-corrected chi connectivity index (χ1v) is 9.09.